The van der Waals surface area contributed by atoms with Gasteiger partial charge in [-0.1, -0.05) is 30.3 Å². The second kappa shape index (κ2) is 8.40. The van der Waals surface area contributed by atoms with Gasteiger partial charge in [-0.15, -0.1) is 10.2 Å². The molecule has 6 nitrogen and oxygen atoms in total. The predicted octanol–water partition coefficient (Wildman–Crippen LogP) is 3.86. The molecule has 1 N–H and O–H groups in total. The van der Waals surface area contributed by atoms with Gasteiger partial charge < -0.3 is 9.88 Å². The average molecular weight is 402 g/mol. The van der Waals surface area contributed by atoms with E-state index in [2.05, 4.69) is 43.2 Å². The minimum absolute atomic E-state index is 0.0376. The number of hydrogen-bond acceptors (Lipinski definition) is 4. The normalized spacial score (nSPS) is 18.9. The van der Waals surface area contributed by atoms with Gasteiger partial charge in [-0.05, 0) is 61.7 Å². The van der Waals surface area contributed by atoms with Crippen LogP contribution in [-0.2, 0) is 19.5 Å². The van der Waals surface area contributed by atoms with Crippen LogP contribution in [0.3, 0.4) is 0 Å². The van der Waals surface area contributed by atoms with Crippen molar-refractivity contribution in [1.29, 1.82) is 0 Å². The van der Waals surface area contributed by atoms with Gasteiger partial charge in [0.05, 0.1) is 0 Å². The molecule has 1 atom stereocenters. The molecule has 2 aliphatic heterocycles. The lowest BCUT2D eigenvalue weighted by atomic mass is 9.91. The van der Waals surface area contributed by atoms with Crippen LogP contribution in [0.5, 0.6) is 0 Å². The Morgan fingerprint density at radius 3 is 2.70 bits per heavy atom. The number of aromatic nitrogens is 3. The molecule has 0 radical (unpaired) electrons. The van der Waals surface area contributed by atoms with E-state index in [1.54, 1.807) is 0 Å². The van der Waals surface area contributed by atoms with Crippen LogP contribution >= 0.6 is 0 Å². The van der Waals surface area contributed by atoms with Crippen LogP contribution in [0.25, 0.3) is 0 Å². The number of fused-ring (bicyclic) bond motifs is 1. The van der Waals surface area contributed by atoms with Crippen molar-refractivity contribution in [3.8, 4) is 0 Å². The van der Waals surface area contributed by atoms with Gasteiger partial charge in [-0.2, -0.15) is 0 Å². The van der Waals surface area contributed by atoms with E-state index in [0.29, 0.717) is 5.92 Å². The Kier molecular flexibility index (Phi) is 5.32. The molecule has 0 aliphatic carbocycles. The van der Waals surface area contributed by atoms with Crippen LogP contribution in [0.2, 0.25) is 0 Å². The number of nitrogens with one attached hydrogen (secondary N) is 1. The van der Waals surface area contributed by atoms with Crippen molar-refractivity contribution in [1.82, 2.24) is 19.7 Å². The smallest absolute Gasteiger partial charge is 0.255 e. The van der Waals surface area contributed by atoms with Gasteiger partial charge in [0.1, 0.15) is 12.2 Å². The third kappa shape index (κ3) is 4.00. The van der Waals surface area contributed by atoms with Crippen molar-refractivity contribution >= 4 is 11.6 Å². The maximum atomic E-state index is 13.0. The molecule has 3 aromatic rings. The van der Waals surface area contributed by atoms with Crippen LogP contribution in [0.4, 0.5) is 5.69 Å². The molecule has 3 heterocycles. The molecule has 6 heteroatoms. The molecular formula is C24H27N5O. The van der Waals surface area contributed by atoms with E-state index in [-0.39, 0.29) is 5.91 Å². The monoisotopic (exact) mass is 401 g/mol. The lowest BCUT2D eigenvalue weighted by Gasteiger charge is -2.23. The first-order valence-corrected chi connectivity index (χ1v) is 10.8. The van der Waals surface area contributed by atoms with Gasteiger partial charge in [0.15, 0.2) is 0 Å². The molecule has 1 aromatic heterocycles. The molecule has 30 heavy (non-hydrogen) atoms. The minimum Gasteiger partial charge on any atom is -0.322 e. The fourth-order valence-corrected chi connectivity index (χ4v) is 4.63. The molecule has 154 valence electrons. The molecule has 5 rings (SSSR count). The number of aryl methyl sites for hydroxylation is 1. The fourth-order valence-electron chi connectivity index (χ4n) is 4.63. The number of likely N-dealkylation sites (tertiary alicyclic amines) is 1. The summed E-state index contributed by atoms with van der Waals surface area (Å²) in [6, 6.07) is 16.2. The Morgan fingerprint density at radius 2 is 1.87 bits per heavy atom. The predicted molar refractivity (Wildman–Crippen MR) is 116 cm³/mol. The summed E-state index contributed by atoms with van der Waals surface area (Å²) < 4.78 is 2.14. The summed E-state index contributed by atoms with van der Waals surface area (Å²) in [6.07, 6.45) is 6.35. The van der Waals surface area contributed by atoms with E-state index in [1.165, 1.54) is 18.4 Å². The summed E-state index contributed by atoms with van der Waals surface area (Å²) in [5.41, 5.74) is 3.99. The number of benzene rings is 2. The number of carbonyl (C=O) groups excluding carboxylic acids is 1. The molecule has 1 amide bonds. The summed E-state index contributed by atoms with van der Waals surface area (Å²) in [5, 5.41) is 11.3. The van der Waals surface area contributed by atoms with E-state index in [4.69, 9.17) is 0 Å². The van der Waals surface area contributed by atoms with Crippen LogP contribution in [-0.4, -0.2) is 38.7 Å². The Labute approximate surface area is 176 Å². The lowest BCUT2D eigenvalue weighted by Crippen LogP contribution is -2.22. The number of amides is 1. The Morgan fingerprint density at radius 1 is 1.07 bits per heavy atom. The van der Waals surface area contributed by atoms with Crippen molar-refractivity contribution in [3.63, 3.8) is 0 Å². The maximum Gasteiger partial charge on any atom is 0.255 e. The van der Waals surface area contributed by atoms with E-state index < -0.39 is 0 Å². The first kappa shape index (κ1) is 19.0. The summed E-state index contributed by atoms with van der Waals surface area (Å²) in [5.74, 6) is 1.49. The second-order valence-electron chi connectivity index (χ2n) is 8.35. The Bertz CT molecular complexity index is 1020. The van der Waals surface area contributed by atoms with E-state index in [1.807, 2.05) is 36.7 Å². The standard InChI is InChI=1S/C24H27N5O/c30-24(22-6-2-1-5-20(22)15-28-13-3-4-14-28)26-21-10-7-18(8-11-21)19-9-12-23-27-25-17-29(23)16-19/h1-2,5-8,10-11,17,19H,3-4,9,12-16H2,(H,26,30). The van der Waals surface area contributed by atoms with Crippen molar-refractivity contribution in [2.75, 3.05) is 18.4 Å². The number of rotatable bonds is 5. The minimum atomic E-state index is -0.0376. The lowest BCUT2D eigenvalue weighted by molar-refractivity contribution is 0.102. The van der Waals surface area contributed by atoms with Crippen molar-refractivity contribution in [2.45, 2.75) is 44.7 Å². The molecule has 1 fully saturated rings. The summed E-state index contributed by atoms with van der Waals surface area (Å²) in [7, 11) is 0. The highest BCUT2D eigenvalue weighted by Gasteiger charge is 2.21. The maximum absolute atomic E-state index is 13.0. The fraction of sp³-hybridized carbons (Fsp3) is 0.375. The van der Waals surface area contributed by atoms with Crippen LogP contribution in [0, 0.1) is 0 Å². The SMILES string of the molecule is O=C(Nc1ccc(C2CCc3nncn3C2)cc1)c1ccccc1CN1CCCC1. The molecule has 0 bridgehead atoms. The molecule has 1 unspecified atom stereocenters. The summed E-state index contributed by atoms with van der Waals surface area (Å²) >= 11 is 0. The van der Waals surface area contributed by atoms with Crippen LogP contribution in [0.15, 0.2) is 54.9 Å². The second-order valence-corrected chi connectivity index (χ2v) is 8.35. The highest BCUT2D eigenvalue weighted by Crippen LogP contribution is 2.29. The van der Waals surface area contributed by atoms with Gasteiger partial charge >= 0.3 is 0 Å². The van der Waals surface area contributed by atoms with Gasteiger partial charge in [0, 0.05) is 36.7 Å². The molecule has 2 aromatic carbocycles. The Hall–Kier alpha value is -2.99. The van der Waals surface area contributed by atoms with Crippen LogP contribution in [0.1, 0.15) is 52.5 Å². The summed E-state index contributed by atoms with van der Waals surface area (Å²) in [4.78, 5) is 15.4. The van der Waals surface area contributed by atoms with E-state index in [0.717, 1.165) is 61.7 Å². The van der Waals surface area contributed by atoms with Gasteiger partial charge in [-0.3, -0.25) is 9.69 Å². The van der Waals surface area contributed by atoms with Crippen molar-refractivity contribution < 1.29 is 4.79 Å². The number of nitrogens with zero attached hydrogens (tertiary/aromatic N) is 4. The number of carbonyl (C=O) groups is 1. The zero-order valence-electron chi connectivity index (χ0n) is 17.1. The molecule has 1 saturated heterocycles. The first-order valence-electron chi connectivity index (χ1n) is 10.8. The van der Waals surface area contributed by atoms with Gasteiger partial charge in [0.2, 0.25) is 0 Å². The van der Waals surface area contributed by atoms with Crippen molar-refractivity contribution in [3.05, 3.63) is 77.4 Å². The first-order chi connectivity index (χ1) is 14.8. The number of anilines is 1. The largest absolute Gasteiger partial charge is 0.322 e. The van der Waals surface area contributed by atoms with Gasteiger partial charge in [0.25, 0.3) is 5.91 Å². The van der Waals surface area contributed by atoms with Crippen molar-refractivity contribution in [2.24, 2.45) is 0 Å². The third-order valence-corrected chi connectivity index (χ3v) is 6.32. The Balaban J connectivity index is 1.26. The highest BCUT2D eigenvalue weighted by atomic mass is 16.1. The highest BCUT2D eigenvalue weighted by molar-refractivity contribution is 6.05. The molecular weight excluding hydrogens is 374 g/mol. The average Bonchev–Trinajstić information content (AvgIpc) is 3.46. The molecule has 0 saturated carbocycles. The topological polar surface area (TPSA) is 63.1 Å². The van der Waals surface area contributed by atoms with E-state index in [9.17, 15) is 4.79 Å². The zero-order chi connectivity index (χ0) is 20.3. The molecule has 0 spiro atoms. The number of hydrogen-bond donors (Lipinski definition) is 1. The van der Waals surface area contributed by atoms with Gasteiger partial charge in [-0.25, -0.2) is 0 Å². The van der Waals surface area contributed by atoms with Crippen LogP contribution < -0.4 is 5.32 Å². The zero-order valence-corrected chi connectivity index (χ0v) is 17.1. The third-order valence-electron chi connectivity index (χ3n) is 6.32. The van der Waals surface area contributed by atoms with E-state index >= 15 is 0 Å². The molecule has 2 aliphatic rings. The quantitative estimate of drug-likeness (QED) is 0.705. The summed E-state index contributed by atoms with van der Waals surface area (Å²) in [6.45, 7) is 4.00.